The summed E-state index contributed by atoms with van der Waals surface area (Å²) in [5, 5.41) is 13.1. The quantitative estimate of drug-likeness (QED) is 0.851. The highest BCUT2D eigenvalue weighted by Gasteiger charge is 2.27. The molecule has 2 aromatic rings. The fraction of sp³-hybridized carbons (Fsp3) is 0.231. The van der Waals surface area contributed by atoms with Crippen molar-refractivity contribution in [3.8, 4) is 0 Å². The van der Waals surface area contributed by atoms with Crippen LogP contribution in [0, 0.1) is 0 Å². The molecule has 0 spiro atoms. The van der Waals surface area contributed by atoms with E-state index in [1.165, 1.54) is 25.3 Å². The van der Waals surface area contributed by atoms with Crippen molar-refractivity contribution in [3.05, 3.63) is 52.2 Å². The van der Waals surface area contributed by atoms with Crippen molar-refractivity contribution in [2.45, 2.75) is 12.5 Å². The number of furan rings is 1. The number of carbonyl (C=O) groups excluding carboxylic acids is 1. The van der Waals surface area contributed by atoms with Gasteiger partial charge in [-0.1, -0.05) is 23.2 Å². The second-order valence-electron chi connectivity index (χ2n) is 4.40. The minimum Gasteiger partial charge on any atom is -0.466 e. The molecule has 1 unspecified atom stereocenters. The van der Waals surface area contributed by atoms with Crippen molar-refractivity contribution in [2.75, 3.05) is 6.54 Å². The minimum atomic E-state index is -1.33. The molecule has 2 aromatic heterocycles. The molecule has 2 N–H and O–H groups in total. The molecule has 106 valence electrons. The molecule has 1 atom stereocenters. The summed E-state index contributed by atoms with van der Waals surface area (Å²) in [4.78, 5) is 15.8. The van der Waals surface area contributed by atoms with Gasteiger partial charge in [-0.05, 0) is 31.2 Å². The van der Waals surface area contributed by atoms with Crippen molar-refractivity contribution < 1.29 is 14.3 Å². The van der Waals surface area contributed by atoms with Crippen molar-refractivity contribution in [1.82, 2.24) is 10.3 Å². The summed E-state index contributed by atoms with van der Waals surface area (Å²) >= 11 is 11.6. The summed E-state index contributed by atoms with van der Waals surface area (Å²) in [6.45, 7) is 1.48. The molecule has 20 heavy (non-hydrogen) atoms. The molecule has 0 bridgehead atoms. The standard InChI is InChI=1S/C13H12Cl2N2O3/c1-13(19,9-3-2-6-20-9)7-16-12(18)11-8(14)4-5-10(15)17-11/h2-6,19H,7H2,1H3,(H,16,18). The summed E-state index contributed by atoms with van der Waals surface area (Å²) < 4.78 is 5.12. The molecule has 0 fully saturated rings. The fourth-order valence-electron chi connectivity index (χ4n) is 1.59. The Morgan fingerprint density at radius 3 is 2.85 bits per heavy atom. The van der Waals surface area contributed by atoms with E-state index in [-0.39, 0.29) is 22.4 Å². The molecular weight excluding hydrogens is 303 g/mol. The first kappa shape index (κ1) is 14.8. The van der Waals surface area contributed by atoms with Gasteiger partial charge in [0, 0.05) is 0 Å². The third-order valence-electron chi connectivity index (χ3n) is 2.67. The topological polar surface area (TPSA) is 75.4 Å². The molecule has 0 radical (unpaired) electrons. The van der Waals surface area contributed by atoms with Crippen LogP contribution in [-0.2, 0) is 5.60 Å². The molecule has 0 aromatic carbocycles. The zero-order valence-electron chi connectivity index (χ0n) is 10.6. The lowest BCUT2D eigenvalue weighted by Crippen LogP contribution is -2.38. The number of pyridine rings is 1. The number of halogens is 2. The number of nitrogens with zero attached hydrogens (tertiary/aromatic N) is 1. The average Bonchev–Trinajstić information content (AvgIpc) is 2.93. The molecule has 0 aliphatic carbocycles. The van der Waals surface area contributed by atoms with E-state index in [0.29, 0.717) is 5.76 Å². The van der Waals surface area contributed by atoms with Crippen LogP contribution in [0.25, 0.3) is 0 Å². The third-order valence-corrected chi connectivity index (χ3v) is 3.19. The van der Waals surface area contributed by atoms with Crippen molar-refractivity contribution in [3.63, 3.8) is 0 Å². The average molecular weight is 315 g/mol. The van der Waals surface area contributed by atoms with Gasteiger partial charge in [0.1, 0.15) is 22.2 Å². The number of aliphatic hydroxyl groups is 1. The number of nitrogens with one attached hydrogen (secondary N) is 1. The maximum atomic E-state index is 12.0. The highest BCUT2D eigenvalue weighted by molar-refractivity contribution is 6.34. The number of hydrogen-bond donors (Lipinski definition) is 2. The Balaban J connectivity index is 2.07. The van der Waals surface area contributed by atoms with Crippen LogP contribution in [0.15, 0.2) is 34.9 Å². The molecule has 1 amide bonds. The normalized spacial score (nSPS) is 13.8. The molecular formula is C13H12Cl2N2O3. The highest BCUT2D eigenvalue weighted by Crippen LogP contribution is 2.21. The Kier molecular flexibility index (Phi) is 4.32. The van der Waals surface area contributed by atoms with Gasteiger partial charge in [-0.25, -0.2) is 4.98 Å². The summed E-state index contributed by atoms with van der Waals surface area (Å²) in [6, 6.07) is 6.24. The second kappa shape index (κ2) is 5.83. The maximum absolute atomic E-state index is 12.0. The van der Waals surface area contributed by atoms with Gasteiger partial charge in [-0.15, -0.1) is 0 Å². The van der Waals surface area contributed by atoms with Gasteiger partial charge in [0.15, 0.2) is 0 Å². The van der Waals surface area contributed by atoms with Crippen molar-refractivity contribution >= 4 is 29.1 Å². The van der Waals surface area contributed by atoms with Gasteiger partial charge in [-0.3, -0.25) is 4.79 Å². The minimum absolute atomic E-state index is 0.00871. The zero-order chi connectivity index (χ0) is 14.8. The van der Waals surface area contributed by atoms with E-state index in [1.54, 1.807) is 12.1 Å². The van der Waals surface area contributed by atoms with Gasteiger partial charge in [0.25, 0.3) is 5.91 Å². The lowest BCUT2D eigenvalue weighted by atomic mass is 10.0. The third kappa shape index (κ3) is 3.30. The van der Waals surface area contributed by atoms with E-state index in [0.717, 1.165) is 0 Å². The lowest BCUT2D eigenvalue weighted by Gasteiger charge is -2.21. The van der Waals surface area contributed by atoms with Gasteiger partial charge < -0.3 is 14.8 Å². The van der Waals surface area contributed by atoms with E-state index in [9.17, 15) is 9.90 Å². The van der Waals surface area contributed by atoms with Gasteiger partial charge in [0.05, 0.1) is 17.8 Å². The van der Waals surface area contributed by atoms with Crippen LogP contribution in [-0.4, -0.2) is 22.5 Å². The Morgan fingerprint density at radius 2 is 2.20 bits per heavy atom. The number of amides is 1. The Bertz CT molecular complexity index is 612. The number of aromatic nitrogens is 1. The van der Waals surface area contributed by atoms with Crippen LogP contribution in [0.5, 0.6) is 0 Å². The van der Waals surface area contributed by atoms with Crippen molar-refractivity contribution in [2.24, 2.45) is 0 Å². The van der Waals surface area contributed by atoms with E-state index in [4.69, 9.17) is 27.6 Å². The molecule has 5 nitrogen and oxygen atoms in total. The second-order valence-corrected chi connectivity index (χ2v) is 5.19. The van der Waals surface area contributed by atoms with E-state index in [2.05, 4.69) is 10.3 Å². The first-order valence-corrected chi connectivity index (χ1v) is 6.52. The van der Waals surface area contributed by atoms with Crippen LogP contribution in [0.3, 0.4) is 0 Å². The van der Waals surface area contributed by atoms with Crippen LogP contribution in [0.1, 0.15) is 23.2 Å². The van der Waals surface area contributed by atoms with Crippen molar-refractivity contribution in [1.29, 1.82) is 0 Å². The summed E-state index contributed by atoms with van der Waals surface area (Å²) in [5.74, 6) is -0.174. The van der Waals surface area contributed by atoms with E-state index in [1.807, 2.05) is 0 Å². The molecule has 0 aliphatic rings. The van der Waals surface area contributed by atoms with Crippen LogP contribution in [0.4, 0.5) is 0 Å². The van der Waals surface area contributed by atoms with Crippen LogP contribution < -0.4 is 5.32 Å². The SMILES string of the molecule is CC(O)(CNC(=O)c1nc(Cl)ccc1Cl)c1ccco1. The molecule has 2 heterocycles. The zero-order valence-corrected chi connectivity index (χ0v) is 12.1. The van der Waals surface area contributed by atoms with Gasteiger partial charge in [0.2, 0.25) is 0 Å². The summed E-state index contributed by atoms with van der Waals surface area (Å²) in [5.41, 5.74) is -1.32. The largest absolute Gasteiger partial charge is 0.466 e. The molecule has 7 heteroatoms. The smallest absolute Gasteiger partial charge is 0.271 e. The molecule has 2 rings (SSSR count). The monoisotopic (exact) mass is 314 g/mol. The van der Waals surface area contributed by atoms with Crippen LogP contribution >= 0.6 is 23.2 Å². The van der Waals surface area contributed by atoms with Crippen LogP contribution in [0.2, 0.25) is 10.2 Å². The highest BCUT2D eigenvalue weighted by atomic mass is 35.5. The summed E-state index contributed by atoms with van der Waals surface area (Å²) in [6.07, 6.45) is 1.45. The number of carbonyl (C=O) groups is 1. The first-order chi connectivity index (χ1) is 9.40. The number of rotatable bonds is 4. The molecule has 0 aliphatic heterocycles. The van der Waals surface area contributed by atoms with Gasteiger partial charge >= 0.3 is 0 Å². The van der Waals surface area contributed by atoms with E-state index >= 15 is 0 Å². The Hall–Kier alpha value is -1.56. The van der Waals surface area contributed by atoms with E-state index < -0.39 is 11.5 Å². The predicted molar refractivity (Wildman–Crippen MR) is 74.9 cm³/mol. The maximum Gasteiger partial charge on any atom is 0.271 e. The Morgan fingerprint density at radius 1 is 1.45 bits per heavy atom. The first-order valence-electron chi connectivity index (χ1n) is 5.77. The predicted octanol–water partition coefficient (Wildman–Crippen LogP) is 2.62. The van der Waals surface area contributed by atoms with Gasteiger partial charge in [-0.2, -0.15) is 0 Å². The fourth-order valence-corrected chi connectivity index (χ4v) is 1.92. The lowest BCUT2D eigenvalue weighted by molar-refractivity contribution is 0.0329. The molecule has 0 saturated carbocycles. The number of hydrogen-bond acceptors (Lipinski definition) is 4. The summed E-state index contributed by atoms with van der Waals surface area (Å²) in [7, 11) is 0. The Labute approximate surface area is 125 Å². The molecule has 0 saturated heterocycles.